The number of nitrogens with zero attached hydrogens (tertiary/aromatic N) is 2. The van der Waals surface area contributed by atoms with Crippen molar-refractivity contribution >= 4 is 0 Å². The van der Waals surface area contributed by atoms with Gasteiger partial charge >= 0.3 is 0 Å². The van der Waals surface area contributed by atoms with Crippen LogP contribution in [0.3, 0.4) is 0 Å². The van der Waals surface area contributed by atoms with Crippen LogP contribution in [-0.2, 0) is 17.6 Å². The van der Waals surface area contributed by atoms with E-state index in [2.05, 4.69) is 65.4 Å². The van der Waals surface area contributed by atoms with Gasteiger partial charge in [0.05, 0.1) is 0 Å². The Kier molecular flexibility index (Phi) is 5.91. The lowest BCUT2D eigenvalue weighted by Crippen LogP contribution is -1.96. The molecular formula is C22H24N2O. The van der Waals surface area contributed by atoms with Gasteiger partial charge in [-0.1, -0.05) is 55.5 Å². The molecule has 0 saturated heterocycles. The Labute approximate surface area is 149 Å². The zero-order chi connectivity index (χ0) is 17.5. The molecule has 0 fully saturated rings. The SMILES string of the molecule is CCc1ccc(-c2ccc(-c3ncc(CCCOC)cn3)cc2)cc1. The maximum atomic E-state index is 5.08. The van der Waals surface area contributed by atoms with Crippen LogP contribution in [0.1, 0.15) is 24.5 Å². The van der Waals surface area contributed by atoms with E-state index in [0.29, 0.717) is 0 Å². The Bertz CT molecular complexity index is 778. The van der Waals surface area contributed by atoms with Gasteiger partial charge in [-0.15, -0.1) is 0 Å². The van der Waals surface area contributed by atoms with Crippen molar-refractivity contribution in [3.05, 3.63) is 72.1 Å². The standard InChI is InChI=1S/C22H24N2O/c1-3-17-6-8-19(9-7-17)20-10-12-21(13-11-20)22-23-15-18(16-24-22)5-4-14-25-2/h6-13,15-16H,3-5,14H2,1-2H3. The Balaban J connectivity index is 1.71. The molecule has 1 aromatic heterocycles. The first-order valence-electron chi connectivity index (χ1n) is 8.79. The van der Waals surface area contributed by atoms with E-state index in [4.69, 9.17) is 4.74 Å². The van der Waals surface area contributed by atoms with Crippen molar-refractivity contribution in [3.63, 3.8) is 0 Å². The molecule has 0 spiro atoms. The molecule has 3 nitrogen and oxygen atoms in total. The van der Waals surface area contributed by atoms with Crippen molar-refractivity contribution in [2.75, 3.05) is 13.7 Å². The van der Waals surface area contributed by atoms with Crippen molar-refractivity contribution in [3.8, 4) is 22.5 Å². The molecular weight excluding hydrogens is 308 g/mol. The van der Waals surface area contributed by atoms with E-state index in [1.165, 1.54) is 16.7 Å². The van der Waals surface area contributed by atoms with E-state index in [-0.39, 0.29) is 0 Å². The smallest absolute Gasteiger partial charge is 0.159 e. The normalized spacial score (nSPS) is 10.8. The Morgan fingerprint density at radius 2 is 1.32 bits per heavy atom. The third-order valence-electron chi connectivity index (χ3n) is 4.36. The zero-order valence-electron chi connectivity index (χ0n) is 14.9. The fourth-order valence-corrected chi connectivity index (χ4v) is 2.80. The van der Waals surface area contributed by atoms with E-state index >= 15 is 0 Å². The summed E-state index contributed by atoms with van der Waals surface area (Å²) in [5, 5.41) is 0. The van der Waals surface area contributed by atoms with E-state index in [0.717, 1.165) is 42.8 Å². The second-order valence-corrected chi connectivity index (χ2v) is 6.14. The van der Waals surface area contributed by atoms with Crippen LogP contribution in [0.5, 0.6) is 0 Å². The Hall–Kier alpha value is -2.52. The number of methoxy groups -OCH3 is 1. The minimum Gasteiger partial charge on any atom is -0.385 e. The fraction of sp³-hybridized carbons (Fsp3) is 0.273. The predicted octanol–water partition coefficient (Wildman–Crippen LogP) is 4.95. The molecule has 128 valence electrons. The molecule has 0 aliphatic carbocycles. The summed E-state index contributed by atoms with van der Waals surface area (Å²) >= 11 is 0. The average Bonchev–Trinajstić information content (AvgIpc) is 2.69. The molecule has 0 aliphatic heterocycles. The second-order valence-electron chi connectivity index (χ2n) is 6.14. The molecule has 0 aliphatic rings. The van der Waals surface area contributed by atoms with Gasteiger partial charge in [0.15, 0.2) is 5.82 Å². The largest absolute Gasteiger partial charge is 0.385 e. The van der Waals surface area contributed by atoms with Gasteiger partial charge < -0.3 is 4.74 Å². The lowest BCUT2D eigenvalue weighted by atomic mass is 10.0. The summed E-state index contributed by atoms with van der Waals surface area (Å²) in [7, 11) is 1.72. The highest BCUT2D eigenvalue weighted by molar-refractivity contribution is 5.67. The fourth-order valence-electron chi connectivity index (χ4n) is 2.80. The molecule has 3 rings (SSSR count). The number of hydrogen-bond acceptors (Lipinski definition) is 3. The predicted molar refractivity (Wildman–Crippen MR) is 102 cm³/mol. The summed E-state index contributed by atoms with van der Waals surface area (Å²) in [6.45, 7) is 2.94. The number of benzene rings is 2. The first kappa shape index (κ1) is 17.3. The summed E-state index contributed by atoms with van der Waals surface area (Å²) in [6.07, 6.45) is 6.83. The first-order valence-corrected chi connectivity index (χ1v) is 8.79. The molecule has 1 heterocycles. The number of aromatic nitrogens is 2. The van der Waals surface area contributed by atoms with Gasteiger partial charge in [0, 0.05) is 31.7 Å². The highest BCUT2D eigenvalue weighted by Crippen LogP contribution is 2.23. The van der Waals surface area contributed by atoms with E-state index < -0.39 is 0 Å². The van der Waals surface area contributed by atoms with Gasteiger partial charge in [-0.25, -0.2) is 9.97 Å². The number of aryl methyl sites for hydroxylation is 2. The molecule has 3 heteroatoms. The molecule has 25 heavy (non-hydrogen) atoms. The van der Waals surface area contributed by atoms with Crippen LogP contribution in [0.4, 0.5) is 0 Å². The lowest BCUT2D eigenvalue weighted by molar-refractivity contribution is 0.195. The zero-order valence-corrected chi connectivity index (χ0v) is 14.9. The quantitative estimate of drug-likeness (QED) is 0.574. The van der Waals surface area contributed by atoms with Gasteiger partial charge in [0.1, 0.15) is 0 Å². The molecule has 0 N–H and O–H groups in total. The van der Waals surface area contributed by atoms with Crippen LogP contribution < -0.4 is 0 Å². The van der Waals surface area contributed by atoms with Crippen molar-refractivity contribution in [1.82, 2.24) is 9.97 Å². The van der Waals surface area contributed by atoms with Gasteiger partial charge in [0.25, 0.3) is 0 Å². The van der Waals surface area contributed by atoms with Crippen molar-refractivity contribution in [1.29, 1.82) is 0 Å². The summed E-state index contributed by atoms with van der Waals surface area (Å²) < 4.78 is 5.08. The Morgan fingerprint density at radius 1 is 0.760 bits per heavy atom. The molecule has 0 atom stereocenters. The molecule has 3 aromatic rings. The summed E-state index contributed by atoms with van der Waals surface area (Å²) in [6, 6.07) is 17.2. The average molecular weight is 332 g/mol. The third-order valence-corrected chi connectivity index (χ3v) is 4.36. The van der Waals surface area contributed by atoms with Crippen LogP contribution >= 0.6 is 0 Å². The van der Waals surface area contributed by atoms with Crippen LogP contribution in [-0.4, -0.2) is 23.7 Å². The minimum atomic E-state index is 0.766. The van der Waals surface area contributed by atoms with Crippen LogP contribution in [0.15, 0.2) is 60.9 Å². The van der Waals surface area contributed by atoms with Gasteiger partial charge in [-0.3, -0.25) is 0 Å². The maximum absolute atomic E-state index is 5.08. The number of hydrogen-bond donors (Lipinski definition) is 0. The summed E-state index contributed by atoms with van der Waals surface area (Å²) in [5.41, 5.74) is 5.99. The topological polar surface area (TPSA) is 35.0 Å². The van der Waals surface area contributed by atoms with Crippen molar-refractivity contribution < 1.29 is 4.74 Å². The van der Waals surface area contributed by atoms with Gasteiger partial charge in [-0.05, 0) is 41.5 Å². The molecule has 0 saturated carbocycles. The highest BCUT2D eigenvalue weighted by Gasteiger charge is 2.03. The highest BCUT2D eigenvalue weighted by atomic mass is 16.5. The summed E-state index contributed by atoms with van der Waals surface area (Å²) in [5.74, 6) is 0.767. The Morgan fingerprint density at radius 3 is 1.88 bits per heavy atom. The van der Waals surface area contributed by atoms with Crippen LogP contribution in [0.25, 0.3) is 22.5 Å². The van der Waals surface area contributed by atoms with E-state index in [1.807, 2.05) is 12.4 Å². The maximum Gasteiger partial charge on any atom is 0.159 e. The molecule has 0 amide bonds. The van der Waals surface area contributed by atoms with Crippen LogP contribution in [0.2, 0.25) is 0 Å². The lowest BCUT2D eigenvalue weighted by Gasteiger charge is -2.06. The van der Waals surface area contributed by atoms with Crippen molar-refractivity contribution in [2.45, 2.75) is 26.2 Å². The second kappa shape index (κ2) is 8.54. The van der Waals surface area contributed by atoms with E-state index in [9.17, 15) is 0 Å². The van der Waals surface area contributed by atoms with Gasteiger partial charge in [0.2, 0.25) is 0 Å². The van der Waals surface area contributed by atoms with Gasteiger partial charge in [-0.2, -0.15) is 0 Å². The first-order chi connectivity index (χ1) is 12.3. The number of ether oxygens (including phenoxy) is 1. The summed E-state index contributed by atoms with van der Waals surface area (Å²) in [4.78, 5) is 9.00. The van der Waals surface area contributed by atoms with Crippen molar-refractivity contribution in [2.24, 2.45) is 0 Å². The molecule has 0 radical (unpaired) electrons. The monoisotopic (exact) mass is 332 g/mol. The third kappa shape index (κ3) is 4.52. The molecule has 0 bridgehead atoms. The number of rotatable bonds is 7. The molecule has 2 aromatic carbocycles. The van der Waals surface area contributed by atoms with E-state index in [1.54, 1.807) is 7.11 Å². The minimum absolute atomic E-state index is 0.766. The molecule has 0 unspecified atom stereocenters. The van der Waals surface area contributed by atoms with Crippen LogP contribution in [0, 0.1) is 0 Å².